The monoisotopic (exact) mass is 1380 g/mol. The first kappa shape index (κ1) is 62.8. The van der Waals surface area contributed by atoms with Gasteiger partial charge in [-0.1, -0.05) is 267 Å². The normalized spacial score (nSPS) is 14.9. The number of hydrogen-bond acceptors (Lipinski definition) is 7. The Morgan fingerprint density at radius 2 is 0.657 bits per heavy atom. The molecule has 13 aromatic carbocycles. The van der Waals surface area contributed by atoms with Crippen molar-refractivity contribution in [3.8, 4) is 157 Å². The summed E-state index contributed by atoms with van der Waals surface area (Å²) in [5.74, 6) is 2.49. The molecule has 4 aromatic heterocycles. The van der Waals surface area contributed by atoms with E-state index >= 15 is 0 Å². The maximum absolute atomic E-state index is 5.58. The molecule has 7 nitrogen and oxygen atoms in total. The second-order valence-electron chi connectivity index (χ2n) is 29.2. The van der Waals surface area contributed by atoms with Gasteiger partial charge in [0.25, 0.3) is 0 Å². The van der Waals surface area contributed by atoms with Crippen molar-refractivity contribution in [2.75, 3.05) is 0 Å². The first-order valence-corrected chi connectivity index (χ1v) is 37.1. The Morgan fingerprint density at radius 3 is 1.31 bits per heavy atom. The minimum Gasteiger partial charge on any atom is -0.261 e. The Labute approximate surface area is 627 Å². The molecule has 0 saturated heterocycles. The molecule has 2 spiro atoms. The Bertz CT molecular complexity index is 6600. The van der Waals surface area contributed by atoms with E-state index in [0.29, 0.717) is 23.3 Å². The highest BCUT2D eigenvalue weighted by Crippen LogP contribution is 2.66. The van der Waals surface area contributed by atoms with Crippen molar-refractivity contribution in [3.63, 3.8) is 0 Å². The molecule has 4 aliphatic rings. The summed E-state index contributed by atoms with van der Waals surface area (Å²) >= 11 is 0. The molecule has 506 valence electrons. The average Bonchev–Trinajstić information content (AvgIpc) is 1.51. The van der Waals surface area contributed by atoms with E-state index in [1.807, 2.05) is 37.5 Å². The lowest BCUT2D eigenvalue weighted by molar-refractivity contribution is 0.794. The fourth-order valence-corrected chi connectivity index (χ4v) is 18.3. The molecule has 0 amide bonds. The predicted octanol–water partition coefficient (Wildman–Crippen LogP) is 24.0. The number of benzene rings is 13. The minimum atomic E-state index is -0.700. The van der Waals surface area contributed by atoms with Crippen LogP contribution in [0.25, 0.3) is 157 Å². The van der Waals surface area contributed by atoms with Gasteiger partial charge in [0.1, 0.15) is 5.82 Å². The maximum Gasteiger partial charge on any atom is 0.164 e. The van der Waals surface area contributed by atoms with Crippen molar-refractivity contribution in [1.29, 1.82) is 0 Å². The number of hydrogen-bond donors (Lipinski definition) is 0. The Kier molecular flexibility index (Phi) is 14.2. The van der Waals surface area contributed by atoms with Crippen molar-refractivity contribution in [3.05, 3.63) is 401 Å². The Hall–Kier alpha value is -13.8. The second-order valence-corrected chi connectivity index (χ2v) is 29.2. The molecule has 21 rings (SSSR count). The highest BCUT2D eigenvalue weighted by atomic mass is 15.0. The lowest BCUT2D eigenvalue weighted by Crippen LogP contribution is -2.26. The molecular formula is C101H67N7. The van der Waals surface area contributed by atoms with Gasteiger partial charge in [0.05, 0.1) is 27.9 Å². The second kappa shape index (κ2) is 24.4. The first-order valence-electron chi connectivity index (χ1n) is 37.1. The van der Waals surface area contributed by atoms with E-state index in [1.165, 1.54) is 94.6 Å². The molecule has 7 heteroatoms. The van der Waals surface area contributed by atoms with Crippen molar-refractivity contribution in [2.24, 2.45) is 0 Å². The molecule has 0 saturated carbocycles. The molecule has 2 atom stereocenters. The fraction of sp³-hybridized carbons (Fsp3) is 0.0594. The van der Waals surface area contributed by atoms with Gasteiger partial charge in [0.2, 0.25) is 0 Å². The summed E-state index contributed by atoms with van der Waals surface area (Å²) in [4.78, 5) is 36.5. The third-order valence-corrected chi connectivity index (χ3v) is 23.0. The fourth-order valence-electron chi connectivity index (χ4n) is 18.3. The van der Waals surface area contributed by atoms with Gasteiger partial charge in [-0.05, 0) is 221 Å². The summed E-state index contributed by atoms with van der Waals surface area (Å²) in [6.45, 7) is 8.34. The molecule has 2 unspecified atom stereocenters. The molecule has 17 aromatic rings. The number of aromatic nitrogens is 7. The molecule has 4 heterocycles. The van der Waals surface area contributed by atoms with Crippen molar-refractivity contribution >= 4 is 0 Å². The summed E-state index contributed by atoms with van der Waals surface area (Å²) in [6, 6.07) is 118. The number of pyridine rings is 2. The first-order chi connectivity index (χ1) is 53.1. The van der Waals surface area contributed by atoms with Crippen LogP contribution in [-0.4, -0.2) is 34.9 Å². The molecule has 108 heavy (non-hydrogen) atoms. The number of fused-ring (bicyclic) bond motifs is 20. The van der Waals surface area contributed by atoms with Crippen LogP contribution in [0.5, 0.6) is 0 Å². The SMILES string of the molecule is Cc1ccnc(-c2cccc3c2-c2ccccc2C32c3ccccc3-c3cc(-c4cc(-c5ccc(-c6ccc7c(c6)-c6ccccc6C76c7ccccc7-c7cc(-c8cccc(-c9cc(C)cnc9C)c8)c(-c8nc(-c9ccccc9)nc(-c9ccc(-c%10ccccc%10)cc9)n8)cc76)cc5)nc(C)n4)ccc32)c1. The van der Waals surface area contributed by atoms with Crippen LogP contribution >= 0.6 is 0 Å². The lowest BCUT2D eigenvalue weighted by atomic mass is 9.70. The number of rotatable bonds is 10. The van der Waals surface area contributed by atoms with E-state index < -0.39 is 10.8 Å². The minimum absolute atomic E-state index is 0.514. The molecule has 4 aliphatic carbocycles. The predicted molar refractivity (Wildman–Crippen MR) is 437 cm³/mol. The molecule has 0 radical (unpaired) electrons. The van der Waals surface area contributed by atoms with E-state index in [2.05, 4.69) is 324 Å². The van der Waals surface area contributed by atoms with Gasteiger partial charge in [-0.25, -0.2) is 24.9 Å². The van der Waals surface area contributed by atoms with Crippen LogP contribution < -0.4 is 0 Å². The van der Waals surface area contributed by atoms with Crippen LogP contribution in [0.1, 0.15) is 67.2 Å². The number of aryl methyl sites for hydroxylation is 4. The van der Waals surface area contributed by atoms with Crippen LogP contribution in [0, 0.1) is 27.7 Å². The van der Waals surface area contributed by atoms with Gasteiger partial charge < -0.3 is 0 Å². The maximum atomic E-state index is 5.58. The summed E-state index contributed by atoms with van der Waals surface area (Å²) in [5, 5.41) is 0. The van der Waals surface area contributed by atoms with E-state index in [0.717, 1.165) is 106 Å². The quantitative estimate of drug-likeness (QED) is 0.135. The van der Waals surface area contributed by atoms with Crippen LogP contribution in [0.15, 0.2) is 334 Å². The van der Waals surface area contributed by atoms with Crippen molar-refractivity contribution in [2.45, 2.75) is 38.5 Å². The third-order valence-electron chi connectivity index (χ3n) is 23.0. The molecule has 0 N–H and O–H groups in total. The van der Waals surface area contributed by atoms with E-state index in [4.69, 9.17) is 34.9 Å². The molecule has 0 aliphatic heterocycles. The number of nitrogens with zero attached hydrogens (tertiary/aromatic N) is 7. The highest BCUT2D eigenvalue weighted by molar-refractivity contribution is 6.02. The average molecular weight is 1380 g/mol. The van der Waals surface area contributed by atoms with Crippen molar-refractivity contribution in [1.82, 2.24) is 34.9 Å². The largest absolute Gasteiger partial charge is 0.261 e. The van der Waals surface area contributed by atoms with E-state index in [9.17, 15) is 0 Å². The van der Waals surface area contributed by atoms with E-state index in [1.54, 1.807) is 0 Å². The summed E-state index contributed by atoms with van der Waals surface area (Å²) in [5.41, 5.74) is 39.3. The Morgan fingerprint density at radius 1 is 0.213 bits per heavy atom. The zero-order valence-corrected chi connectivity index (χ0v) is 59.9. The summed E-state index contributed by atoms with van der Waals surface area (Å²) < 4.78 is 0. The van der Waals surface area contributed by atoms with Gasteiger partial charge >= 0.3 is 0 Å². The van der Waals surface area contributed by atoms with E-state index in [-0.39, 0.29) is 0 Å². The zero-order valence-electron chi connectivity index (χ0n) is 59.9. The molecular weight excluding hydrogens is 1310 g/mol. The van der Waals surface area contributed by atoms with Crippen molar-refractivity contribution < 1.29 is 0 Å². The van der Waals surface area contributed by atoms with Crippen LogP contribution in [0.3, 0.4) is 0 Å². The molecule has 0 bridgehead atoms. The summed E-state index contributed by atoms with van der Waals surface area (Å²) in [6.07, 6.45) is 3.87. The van der Waals surface area contributed by atoms with Crippen LogP contribution in [-0.2, 0) is 10.8 Å². The highest BCUT2D eigenvalue weighted by Gasteiger charge is 2.54. The van der Waals surface area contributed by atoms with Gasteiger partial charge in [-0.15, -0.1) is 0 Å². The van der Waals surface area contributed by atoms with Gasteiger partial charge in [-0.2, -0.15) is 0 Å². The van der Waals surface area contributed by atoms with Gasteiger partial charge in [0, 0.05) is 57.0 Å². The molecule has 0 fully saturated rings. The Balaban J connectivity index is 0.674. The lowest BCUT2D eigenvalue weighted by Gasteiger charge is -2.31. The zero-order chi connectivity index (χ0) is 71.9. The van der Waals surface area contributed by atoms with Gasteiger partial charge in [-0.3, -0.25) is 9.97 Å². The van der Waals surface area contributed by atoms with Gasteiger partial charge in [0.15, 0.2) is 17.5 Å². The topological polar surface area (TPSA) is 90.2 Å². The van der Waals surface area contributed by atoms with Crippen LogP contribution in [0.2, 0.25) is 0 Å². The smallest absolute Gasteiger partial charge is 0.164 e. The standard InChI is InChI=1S/C101H67N7/c1-60-49-50-102-95(52-60)78-31-20-36-91-96(78)77-30-14-18-35-88(77)100(91)85-32-15-11-28-75(85)82-55-73(46-48-89(82)100)94-58-93(104-63(4)105-94)67-41-37-66(38-42-67)70-45-47-90-81(54-70)74-27-12-16-33-86(74)101(90)87-34-17-13-29-76(87)83-56-80(72-26-19-25-71(53-72)79-51-61(2)59-103-62(79)3)84(57-92(83)101)99-107-97(68-23-9-6-10-24-68)106-98(108-99)69-43-39-65(40-44-69)64-21-7-5-8-22-64/h5-59H,1-4H3. The summed E-state index contributed by atoms with van der Waals surface area (Å²) in [7, 11) is 0. The van der Waals surface area contributed by atoms with Crippen LogP contribution in [0.4, 0.5) is 0 Å². The third kappa shape index (κ3) is 9.57.